The third-order valence-electron chi connectivity index (χ3n) is 2.42. The van der Waals surface area contributed by atoms with Crippen molar-refractivity contribution in [2.45, 2.75) is 46.1 Å². The molecule has 1 aromatic rings. The Kier molecular flexibility index (Phi) is 5.62. The Hall–Kier alpha value is -1.31. The molecule has 0 fully saturated rings. The molecule has 0 aliphatic rings. The summed E-state index contributed by atoms with van der Waals surface area (Å²) in [6.45, 7) is 4.53. The fourth-order valence-corrected chi connectivity index (χ4v) is 1.53. The molecule has 0 saturated heterocycles. The molecule has 1 aromatic carbocycles. The minimum Gasteiger partial charge on any atom is -0.461 e. The molecule has 0 saturated carbocycles. The molecule has 1 rings (SSSR count). The standard InChI is InChI=1S/C14H20O2/c1-3-5-12-7-9-13(10-8-12)11-16-14(15)6-4-2/h7-10H,3-6,11H2,1-2H3. The van der Waals surface area contributed by atoms with Crippen LogP contribution >= 0.6 is 0 Å². The van der Waals surface area contributed by atoms with E-state index < -0.39 is 0 Å². The van der Waals surface area contributed by atoms with Crippen molar-refractivity contribution in [2.75, 3.05) is 0 Å². The largest absolute Gasteiger partial charge is 0.461 e. The van der Waals surface area contributed by atoms with Gasteiger partial charge in [0, 0.05) is 6.42 Å². The second-order valence-electron chi connectivity index (χ2n) is 3.98. The molecule has 0 heterocycles. The first-order valence-corrected chi connectivity index (χ1v) is 5.99. The number of rotatable bonds is 6. The fraction of sp³-hybridized carbons (Fsp3) is 0.500. The van der Waals surface area contributed by atoms with Crippen molar-refractivity contribution in [3.8, 4) is 0 Å². The Morgan fingerprint density at radius 3 is 2.25 bits per heavy atom. The lowest BCUT2D eigenvalue weighted by Gasteiger charge is -2.05. The van der Waals surface area contributed by atoms with Crippen LogP contribution in [0.5, 0.6) is 0 Å². The smallest absolute Gasteiger partial charge is 0.306 e. The molecule has 0 bridgehead atoms. The van der Waals surface area contributed by atoms with Crippen LogP contribution in [0.1, 0.15) is 44.2 Å². The maximum absolute atomic E-state index is 11.2. The van der Waals surface area contributed by atoms with Crippen LogP contribution in [-0.2, 0) is 22.6 Å². The van der Waals surface area contributed by atoms with Gasteiger partial charge >= 0.3 is 5.97 Å². The first kappa shape index (κ1) is 12.8. The van der Waals surface area contributed by atoms with Gasteiger partial charge in [0.2, 0.25) is 0 Å². The summed E-state index contributed by atoms with van der Waals surface area (Å²) in [6, 6.07) is 8.27. The Morgan fingerprint density at radius 1 is 1.06 bits per heavy atom. The summed E-state index contributed by atoms with van der Waals surface area (Å²) in [5, 5.41) is 0. The van der Waals surface area contributed by atoms with Gasteiger partial charge in [-0.2, -0.15) is 0 Å². The van der Waals surface area contributed by atoms with E-state index in [4.69, 9.17) is 4.74 Å². The highest BCUT2D eigenvalue weighted by atomic mass is 16.5. The van der Waals surface area contributed by atoms with Crippen LogP contribution in [-0.4, -0.2) is 5.97 Å². The molecule has 0 aliphatic carbocycles. The predicted octanol–water partition coefficient (Wildman–Crippen LogP) is 3.48. The number of benzene rings is 1. The minimum atomic E-state index is -0.111. The third-order valence-corrected chi connectivity index (χ3v) is 2.42. The number of carbonyl (C=O) groups excluding carboxylic acids is 1. The molecular formula is C14H20O2. The summed E-state index contributed by atoms with van der Waals surface area (Å²) in [4.78, 5) is 11.2. The molecule has 2 heteroatoms. The Labute approximate surface area is 97.6 Å². The first-order valence-electron chi connectivity index (χ1n) is 5.99. The summed E-state index contributed by atoms with van der Waals surface area (Å²) in [5.74, 6) is -0.111. The zero-order chi connectivity index (χ0) is 11.8. The second-order valence-corrected chi connectivity index (χ2v) is 3.98. The number of hydrogen-bond acceptors (Lipinski definition) is 2. The van der Waals surface area contributed by atoms with Crippen LogP contribution in [0.2, 0.25) is 0 Å². The molecular weight excluding hydrogens is 200 g/mol. The highest BCUT2D eigenvalue weighted by Gasteiger charge is 2.01. The minimum absolute atomic E-state index is 0.111. The lowest BCUT2D eigenvalue weighted by Crippen LogP contribution is -2.03. The van der Waals surface area contributed by atoms with Crippen LogP contribution in [0.25, 0.3) is 0 Å². The van der Waals surface area contributed by atoms with Crippen LogP contribution in [0.4, 0.5) is 0 Å². The number of aryl methyl sites for hydroxylation is 1. The third kappa shape index (κ3) is 4.47. The van der Waals surface area contributed by atoms with Gasteiger partial charge in [-0.3, -0.25) is 4.79 Å². The normalized spacial score (nSPS) is 10.1. The van der Waals surface area contributed by atoms with Gasteiger partial charge in [0.1, 0.15) is 6.61 Å². The molecule has 0 atom stereocenters. The van der Waals surface area contributed by atoms with Gasteiger partial charge in [-0.15, -0.1) is 0 Å². The average Bonchev–Trinajstić information content (AvgIpc) is 2.29. The van der Waals surface area contributed by atoms with Gasteiger partial charge in [-0.25, -0.2) is 0 Å². The average molecular weight is 220 g/mol. The molecule has 0 aromatic heterocycles. The monoisotopic (exact) mass is 220 g/mol. The predicted molar refractivity (Wildman–Crippen MR) is 65.1 cm³/mol. The van der Waals surface area contributed by atoms with E-state index in [0.717, 1.165) is 24.8 Å². The SMILES string of the molecule is CCCC(=O)OCc1ccc(CCC)cc1. The van der Waals surface area contributed by atoms with Crippen molar-refractivity contribution in [3.05, 3.63) is 35.4 Å². The zero-order valence-electron chi connectivity index (χ0n) is 10.2. The van der Waals surface area contributed by atoms with Crippen molar-refractivity contribution in [1.29, 1.82) is 0 Å². The molecule has 16 heavy (non-hydrogen) atoms. The van der Waals surface area contributed by atoms with E-state index in [1.165, 1.54) is 5.56 Å². The molecule has 0 N–H and O–H groups in total. The first-order chi connectivity index (χ1) is 7.76. The number of carbonyl (C=O) groups is 1. The van der Waals surface area contributed by atoms with Gasteiger partial charge in [-0.05, 0) is 24.0 Å². The highest BCUT2D eigenvalue weighted by Crippen LogP contribution is 2.08. The number of hydrogen-bond donors (Lipinski definition) is 0. The molecule has 0 radical (unpaired) electrons. The van der Waals surface area contributed by atoms with Crippen molar-refractivity contribution >= 4 is 5.97 Å². The van der Waals surface area contributed by atoms with E-state index in [9.17, 15) is 4.79 Å². The van der Waals surface area contributed by atoms with E-state index in [-0.39, 0.29) is 5.97 Å². The van der Waals surface area contributed by atoms with Gasteiger partial charge in [0.15, 0.2) is 0 Å². The van der Waals surface area contributed by atoms with Gasteiger partial charge in [-0.1, -0.05) is 44.5 Å². The van der Waals surface area contributed by atoms with Crippen molar-refractivity contribution < 1.29 is 9.53 Å². The Bertz CT molecular complexity index is 314. The van der Waals surface area contributed by atoms with Crippen LogP contribution < -0.4 is 0 Å². The van der Waals surface area contributed by atoms with E-state index in [1.807, 2.05) is 19.1 Å². The van der Waals surface area contributed by atoms with Crippen LogP contribution in [0, 0.1) is 0 Å². The summed E-state index contributed by atoms with van der Waals surface area (Å²) >= 11 is 0. The topological polar surface area (TPSA) is 26.3 Å². The van der Waals surface area contributed by atoms with Crippen LogP contribution in [0.3, 0.4) is 0 Å². The fourth-order valence-electron chi connectivity index (χ4n) is 1.53. The molecule has 0 amide bonds. The molecule has 0 spiro atoms. The quantitative estimate of drug-likeness (QED) is 0.686. The van der Waals surface area contributed by atoms with E-state index in [0.29, 0.717) is 13.0 Å². The summed E-state index contributed by atoms with van der Waals surface area (Å²) in [7, 11) is 0. The molecule has 88 valence electrons. The Balaban J connectivity index is 2.40. The number of ether oxygens (including phenoxy) is 1. The second kappa shape index (κ2) is 7.04. The lowest BCUT2D eigenvalue weighted by atomic mass is 10.1. The molecule has 0 unspecified atom stereocenters. The maximum atomic E-state index is 11.2. The highest BCUT2D eigenvalue weighted by molar-refractivity contribution is 5.69. The van der Waals surface area contributed by atoms with Crippen molar-refractivity contribution in [1.82, 2.24) is 0 Å². The van der Waals surface area contributed by atoms with Gasteiger partial charge in [0.05, 0.1) is 0 Å². The maximum Gasteiger partial charge on any atom is 0.306 e. The number of esters is 1. The van der Waals surface area contributed by atoms with E-state index in [1.54, 1.807) is 0 Å². The van der Waals surface area contributed by atoms with Crippen molar-refractivity contribution in [3.63, 3.8) is 0 Å². The van der Waals surface area contributed by atoms with Gasteiger partial charge < -0.3 is 4.74 Å². The van der Waals surface area contributed by atoms with Gasteiger partial charge in [0.25, 0.3) is 0 Å². The van der Waals surface area contributed by atoms with Crippen LogP contribution in [0.15, 0.2) is 24.3 Å². The van der Waals surface area contributed by atoms with E-state index >= 15 is 0 Å². The Morgan fingerprint density at radius 2 is 1.69 bits per heavy atom. The molecule has 2 nitrogen and oxygen atoms in total. The summed E-state index contributed by atoms with van der Waals surface area (Å²) < 4.78 is 5.13. The molecule has 0 aliphatic heterocycles. The lowest BCUT2D eigenvalue weighted by molar-refractivity contribution is -0.144. The summed E-state index contributed by atoms with van der Waals surface area (Å²) in [6.07, 6.45) is 3.61. The van der Waals surface area contributed by atoms with E-state index in [2.05, 4.69) is 19.1 Å². The summed E-state index contributed by atoms with van der Waals surface area (Å²) in [5.41, 5.74) is 2.40. The van der Waals surface area contributed by atoms with Crippen molar-refractivity contribution in [2.24, 2.45) is 0 Å². The zero-order valence-corrected chi connectivity index (χ0v) is 10.2.